The molecule has 0 atom stereocenters. The fourth-order valence-corrected chi connectivity index (χ4v) is 0.947. The summed E-state index contributed by atoms with van der Waals surface area (Å²) in [5.74, 6) is -1.33. The summed E-state index contributed by atoms with van der Waals surface area (Å²) in [6.07, 6.45) is 0. The lowest BCUT2D eigenvalue weighted by Crippen LogP contribution is -2.04. The van der Waals surface area contributed by atoms with E-state index in [1.54, 1.807) is 6.07 Å². The summed E-state index contributed by atoms with van der Waals surface area (Å²) in [5.41, 5.74) is 0.114. The Kier molecular flexibility index (Phi) is 2.80. The molecule has 4 heteroatoms. The van der Waals surface area contributed by atoms with Gasteiger partial charge in [0, 0.05) is 0 Å². The molecule has 0 saturated carbocycles. The highest BCUT2D eigenvalue weighted by atomic mass is 19.1. The van der Waals surface area contributed by atoms with E-state index in [0.29, 0.717) is 5.56 Å². The quantitative estimate of drug-likeness (QED) is 0.712. The molecular formula is C9H8F2N2. The summed E-state index contributed by atoms with van der Waals surface area (Å²) in [6.45, 7) is 1.42. The molecule has 0 aromatic heterocycles. The predicted octanol–water partition coefficient (Wildman–Crippen LogP) is 2.21. The molecular weight excluding hydrogens is 174 g/mol. The van der Waals surface area contributed by atoms with Crippen LogP contribution in [0.25, 0.3) is 0 Å². The third-order valence-corrected chi connectivity index (χ3v) is 1.63. The molecule has 0 aliphatic carbocycles. The van der Waals surface area contributed by atoms with E-state index in [4.69, 9.17) is 5.26 Å². The van der Waals surface area contributed by atoms with Crippen molar-refractivity contribution in [3.05, 3.63) is 29.3 Å². The monoisotopic (exact) mass is 182 g/mol. The van der Waals surface area contributed by atoms with Gasteiger partial charge < -0.3 is 5.32 Å². The molecule has 68 valence electrons. The average Bonchev–Trinajstić information content (AvgIpc) is 2.12. The van der Waals surface area contributed by atoms with E-state index in [1.165, 1.54) is 13.0 Å². The lowest BCUT2D eigenvalue weighted by atomic mass is 10.2. The third kappa shape index (κ3) is 1.94. The first kappa shape index (κ1) is 9.46. The predicted molar refractivity (Wildman–Crippen MR) is 45.2 cm³/mol. The first-order valence-corrected chi connectivity index (χ1v) is 3.72. The Labute approximate surface area is 74.8 Å². The Bertz CT molecular complexity index is 355. The number of anilines is 1. The van der Waals surface area contributed by atoms with Gasteiger partial charge in [0.2, 0.25) is 0 Å². The molecule has 0 saturated heterocycles. The maximum Gasteiger partial charge on any atom is 0.152 e. The van der Waals surface area contributed by atoms with Gasteiger partial charge in [-0.15, -0.1) is 0 Å². The van der Waals surface area contributed by atoms with Crippen molar-refractivity contribution in [2.45, 2.75) is 6.92 Å². The Balaban J connectivity index is 3.04. The zero-order valence-electron chi connectivity index (χ0n) is 7.06. The molecule has 0 amide bonds. The van der Waals surface area contributed by atoms with Crippen LogP contribution in [0.15, 0.2) is 12.1 Å². The number of rotatable bonds is 2. The number of hydrogen-bond donors (Lipinski definition) is 1. The zero-order valence-corrected chi connectivity index (χ0v) is 7.06. The van der Waals surface area contributed by atoms with Crippen LogP contribution in [0.2, 0.25) is 0 Å². The second kappa shape index (κ2) is 3.85. The molecule has 1 aromatic carbocycles. The number of aryl methyl sites for hydroxylation is 1. The van der Waals surface area contributed by atoms with Crippen LogP contribution in [-0.2, 0) is 0 Å². The number of halogens is 2. The van der Waals surface area contributed by atoms with Crippen LogP contribution in [0.1, 0.15) is 5.56 Å². The molecule has 0 fully saturated rings. The van der Waals surface area contributed by atoms with Gasteiger partial charge >= 0.3 is 0 Å². The summed E-state index contributed by atoms with van der Waals surface area (Å²) in [6, 6.07) is 4.26. The molecule has 0 aliphatic heterocycles. The van der Waals surface area contributed by atoms with Crippen molar-refractivity contribution < 1.29 is 8.78 Å². The first-order chi connectivity index (χ1) is 6.16. The Morgan fingerprint density at radius 1 is 1.46 bits per heavy atom. The van der Waals surface area contributed by atoms with E-state index in [2.05, 4.69) is 5.32 Å². The topological polar surface area (TPSA) is 35.8 Å². The minimum Gasteiger partial charge on any atom is -0.367 e. The van der Waals surface area contributed by atoms with Crippen LogP contribution in [-0.4, -0.2) is 6.54 Å². The van der Waals surface area contributed by atoms with E-state index in [9.17, 15) is 8.78 Å². The van der Waals surface area contributed by atoms with E-state index in [-0.39, 0.29) is 12.2 Å². The molecule has 0 spiro atoms. The molecule has 13 heavy (non-hydrogen) atoms. The zero-order chi connectivity index (χ0) is 9.84. The molecule has 0 aliphatic rings. The Hall–Kier alpha value is -1.63. The highest BCUT2D eigenvalue weighted by molar-refractivity contribution is 5.49. The number of benzene rings is 1. The van der Waals surface area contributed by atoms with Crippen molar-refractivity contribution in [2.75, 3.05) is 11.9 Å². The van der Waals surface area contributed by atoms with Gasteiger partial charge in [-0.3, -0.25) is 0 Å². The van der Waals surface area contributed by atoms with E-state index >= 15 is 0 Å². The molecule has 1 N–H and O–H groups in total. The SMILES string of the molecule is Cc1ccc(F)c(NCC#N)c1F. The fourth-order valence-electron chi connectivity index (χ4n) is 0.947. The van der Waals surface area contributed by atoms with Crippen molar-refractivity contribution in [1.82, 2.24) is 0 Å². The van der Waals surface area contributed by atoms with E-state index in [1.807, 2.05) is 0 Å². The second-order valence-electron chi connectivity index (χ2n) is 2.56. The van der Waals surface area contributed by atoms with Gasteiger partial charge in [0.1, 0.15) is 18.0 Å². The lowest BCUT2D eigenvalue weighted by Gasteiger charge is -2.06. The Morgan fingerprint density at radius 3 is 2.77 bits per heavy atom. The van der Waals surface area contributed by atoms with Gasteiger partial charge in [-0.25, -0.2) is 8.78 Å². The summed E-state index contributed by atoms with van der Waals surface area (Å²) >= 11 is 0. The smallest absolute Gasteiger partial charge is 0.152 e. The molecule has 0 unspecified atom stereocenters. The number of nitrogens with one attached hydrogen (secondary N) is 1. The van der Waals surface area contributed by atoms with Gasteiger partial charge in [0.25, 0.3) is 0 Å². The normalized spacial score (nSPS) is 9.38. The van der Waals surface area contributed by atoms with Crippen molar-refractivity contribution in [2.24, 2.45) is 0 Å². The van der Waals surface area contributed by atoms with Gasteiger partial charge in [-0.1, -0.05) is 6.07 Å². The van der Waals surface area contributed by atoms with Crippen molar-refractivity contribution in [3.63, 3.8) is 0 Å². The maximum absolute atomic E-state index is 13.2. The molecule has 1 aromatic rings. The maximum atomic E-state index is 13.2. The summed E-state index contributed by atoms with van der Waals surface area (Å²) in [5, 5.41) is 10.6. The number of nitrogens with zero attached hydrogens (tertiary/aromatic N) is 1. The van der Waals surface area contributed by atoms with Crippen LogP contribution >= 0.6 is 0 Å². The lowest BCUT2D eigenvalue weighted by molar-refractivity contribution is 0.583. The van der Waals surface area contributed by atoms with Crippen LogP contribution in [0, 0.1) is 29.9 Å². The van der Waals surface area contributed by atoms with Crippen LogP contribution in [0.5, 0.6) is 0 Å². The van der Waals surface area contributed by atoms with Gasteiger partial charge in [0.05, 0.1) is 6.07 Å². The third-order valence-electron chi connectivity index (χ3n) is 1.63. The van der Waals surface area contributed by atoms with E-state index in [0.717, 1.165) is 6.07 Å². The minimum atomic E-state index is -0.682. The summed E-state index contributed by atoms with van der Waals surface area (Å²) in [7, 11) is 0. The minimum absolute atomic E-state index is 0.114. The molecule has 0 heterocycles. The largest absolute Gasteiger partial charge is 0.367 e. The van der Waals surface area contributed by atoms with Crippen LogP contribution < -0.4 is 5.32 Å². The van der Waals surface area contributed by atoms with Gasteiger partial charge in [-0.05, 0) is 18.6 Å². The number of hydrogen-bond acceptors (Lipinski definition) is 2. The highest BCUT2D eigenvalue weighted by Crippen LogP contribution is 2.20. The first-order valence-electron chi connectivity index (χ1n) is 3.72. The Morgan fingerprint density at radius 2 is 2.15 bits per heavy atom. The average molecular weight is 182 g/mol. The molecule has 1 rings (SSSR count). The highest BCUT2D eigenvalue weighted by Gasteiger charge is 2.09. The van der Waals surface area contributed by atoms with E-state index < -0.39 is 11.6 Å². The fraction of sp³-hybridized carbons (Fsp3) is 0.222. The van der Waals surface area contributed by atoms with Crippen molar-refractivity contribution in [1.29, 1.82) is 5.26 Å². The standard InChI is InChI=1S/C9H8F2N2/c1-6-2-3-7(10)9(8(6)11)13-5-4-12/h2-3,13H,5H2,1H3. The van der Waals surface area contributed by atoms with Crippen molar-refractivity contribution >= 4 is 5.69 Å². The molecule has 0 bridgehead atoms. The van der Waals surface area contributed by atoms with Crippen LogP contribution in [0.3, 0.4) is 0 Å². The van der Waals surface area contributed by atoms with Crippen molar-refractivity contribution in [3.8, 4) is 6.07 Å². The van der Waals surface area contributed by atoms with Gasteiger partial charge in [0.15, 0.2) is 5.82 Å². The molecule has 2 nitrogen and oxygen atoms in total. The second-order valence-corrected chi connectivity index (χ2v) is 2.56. The number of nitriles is 1. The summed E-state index contributed by atoms with van der Waals surface area (Å²) < 4.78 is 26.1. The van der Waals surface area contributed by atoms with Gasteiger partial charge in [-0.2, -0.15) is 5.26 Å². The van der Waals surface area contributed by atoms with Crippen LogP contribution in [0.4, 0.5) is 14.5 Å². The summed E-state index contributed by atoms with van der Waals surface area (Å²) in [4.78, 5) is 0. The molecule has 0 radical (unpaired) electrons.